The molecule has 0 amide bonds. The first-order valence-corrected chi connectivity index (χ1v) is 6.95. The maximum absolute atomic E-state index is 5.29. The van der Waals surface area contributed by atoms with Crippen molar-refractivity contribution in [2.75, 3.05) is 26.3 Å². The molecule has 0 saturated carbocycles. The monoisotopic (exact) mass is 391 g/mol. The van der Waals surface area contributed by atoms with Crippen LogP contribution in [-0.4, -0.2) is 32.3 Å². The Labute approximate surface area is 139 Å². The summed E-state index contributed by atoms with van der Waals surface area (Å²) >= 11 is 0. The summed E-state index contributed by atoms with van der Waals surface area (Å²) in [5, 5.41) is 6.64. The first kappa shape index (κ1) is 19.2. The average Bonchev–Trinajstić information content (AvgIpc) is 2.44. The maximum atomic E-state index is 5.29. The minimum absolute atomic E-state index is 0. The van der Waals surface area contributed by atoms with Crippen molar-refractivity contribution in [3.8, 4) is 0 Å². The van der Waals surface area contributed by atoms with Crippen molar-refractivity contribution in [1.29, 1.82) is 0 Å². The van der Waals surface area contributed by atoms with Gasteiger partial charge in [-0.2, -0.15) is 0 Å². The highest BCUT2D eigenvalue weighted by molar-refractivity contribution is 14.0. The molecule has 0 heterocycles. The molecule has 0 aliphatic rings. The highest BCUT2D eigenvalue weighted by Gasteiger charge is 2.06. The number of hydrogen-bond donors (Lipinski definition) is 2. The lowest BCUT2D eigenvalue weighted by molar-refractivity contribution is 0.155. The molecule has 0 aliphatic carbocycles. The number of halogens is 1. The van der Waals surface area contributed by atoms with Crippen LogP contribution < -0.4 is 10.6 Å². The smallest absolute Gasteiger partial charge is 0.191 e. The maximum Gasteiger partial charge on any atom is 0.191 e. The van der Waals surface area contributed by atoms with Gasteiger partial charge < -0.3 is 15.4 Å². The minimum Gasteiger partial charge on any atom is -0.380 e. The van der Waals surface area contributed by atoms with E-state index in [0.717, 1.165) is 19.1 Å². The van der Waals surface area contributed by atoms with E-state index in [1.54, 1.807) is 0 Å². The molecule has 1 aromatic rings. The average molecular weight is 391 g/mol. The van der Waals surface area contributed by atoms with Crippen LogP contribution >= 0.6 is 24.0 Å². The van der Waals surface area contributed by atoms with Crippen LogP contribution in [0.15, 0.2) is 35.3 Å². The lowest BCUT2D eigenvalue weighted by Crippen LogP contribution is -2.39. The molecule has 0 saturated heterocycles. The van der Waals surface area contributed by atoms with Gasteiger partial charge in [-0.25, -0.2) is 0 Å². The minimum atomic E-state index is 0. The molecule has 0 fully saturated rings. The summed E-state index contributed by atoms with van der Waals surface area (Å²) in [6, 6.07) is 10.6. The van der Waals surface area contributed by atoms with E-state index in [4.69, 9.17) is 4.74 Å². The molecule has 0 bridgehead atoms. The van der Waals surface area contributed by atoms with Gasteiger partial charge in [0.1, 0.15) is 0 Å². The predicted octanol–water partition coefficient (Wildman–Crippen LogP) is 2.96. The second-order valence-electron chi connectivity index (χ2n) is 4.23. The van der Waals surface area contributed by atoms with Gasteiger partial charge in [-0.1, -0.05) is 30.3 Å². The summed E-state index contributed by atoms with van der Waals surface area (Å²) in [5.41, 5.74) is 1.25. The topological polar surface area (TPSA) is 45.7 Å². The number of nitrogens with zero attached hydrogens (tertiary/aromatic N) is 1. The predicted molar refractivity (Wildman–Crippen MR) is 95.9 cm³/mol. The van der Waals surface area contributed by atoms with Gasteiger partial charge in [-0.15, -0.1) is 24.0 Å². The highest BCUT2D eigenvalue weighted by atomic mass is 127. The van der Waals surface area contributed by atoms with E-state index in [0.29, 0.717) is 13.2 Å². The molecule has 1 rings (SSSR count). The molecule has 1 atom stereocenters. The van der Waals surface area contributed by atoms with E-state index < -0.39 is 0 Å². The lowest BCUT2D eigenvalue weighted by atomic mass is 10.1. The van der Waals surface area contributed by atoms with Crippen molar-refractivity contribution in [3.05, 3.63) is 35.9 Å². The Morgan fingerprint density at radius 3 is 2.55 bits per heavy atom. The van der Waals surface area contributed by atoms with Crippen molar-refractivity contribution in [2.24, 2.45) is 4.99 Å². The van der Waals surface area contributed by atoms with Gasteiger partial charge in [0, 0.05) is 13.2 Å². The third kappa shape index (κ3) is 7.69. The standard InChI is InChI=1S/C15H25N3O.HI/c1-4-16-15(17-11-12-19-5-2)18-13(3)14-9-7-6-8-10-14;/h6-10,13H,4-5,11-12H2,1-3H3,(H2,16,17,18);1H. The van der Waals surface area contributed by atoms with Crippen LogP contribution in [0, 0.1) is 0 Å². The summed E-state index contributed by atoms with van der Waals surface area (Å²) in [6.07, 6.45) is 0. The van der Waals surface area contributed by atoms with Gasteiger partial charge >= 0.3 is 0 Å². The van der Waals surface area contributed by atoms with Gasteiger partial charge in [-0.3, -0.25) is 4.99 Å². The Balaban J connectivity index is 0.00000361. The van der Waals surface area contributed by atoms with Crippen LogP contribution in [0.4, 0.5) is 0 Å². The van der Waals surface area contributed by atoms with Crippen molar-refractivity contribution in [3.63, 3.8) is 0 Å². The molecule has 1 aromatic carbocycles. The molecule has 1 unspecified atom stereocenters. The van der Waals surface area contributed by atoms with Crippen LogP contribution in [0.3, 0.4) is 0 Å². The molecule has 0 radical (unpaired) electrons. The van der Waals surface area contributed by atoms with E-state index in [9.17, 15) is 0 Å². The molecule has 20 heavy (non-hydrogen) atoms. The lowest BCUT2D eigenvalue weighted by Gasteiger charge is -2.18. The van der Waals surface area contributed by atoms with Gasteiger partial charge in [-0.05, 0) is 26.3 Å². The van der Waals surface area contributed by atoms with Crippen LogP contribution in [0.1, 0.15) is 32.4 Å². The molecule has 0 aromatic heterocycles. The second-order valence-corrected chi connectivity index (χ2v) is 4.23. The molecule has 2 N–H and O–H groups in total. The molecule has 4 nitrogen and oxygen atoms in total. The number of aliphatic imine (C=N–C) groups is 1. The first-order chi connectivity index (χ1) is 9.27. The van der Waals surface area contributed by atoms with E-state index in [2.05, 4.69) is 41.6 Å². The number of hydrogen-bond acceptors (Lipinski definition) is 2. The Morgan fingerprint density at radius 2 is 1.95 bits per heavy atom. The number of nitrogens with one attached hydrogen (secondary N) is 2. The fourth-order valence-electron chi connectivity index (χ4n) is 1.72. The largest absolute Gasteiger partial charge is 0.380 e. The third-order valence-corrected chi connectivity index (χ3v) is 2.71. The summed E-state index contributed by atoms with van der Waals surface area (Å²) < 4.78 is 5.29. The molecule has 0 spiro atoms. The van der Waals surface area contributed by atoms with E-state index >= 15 is 0 Å². The van der Waals surface area contributed by atoms with Crippen LogP contribution in [-0.2, 0) is 4.74 Å². The zero-order chi connectivity index (χ0) is 13.9. The first-order valence-electron chi connectivity index (χ1n) is 6.95. The third-order valence-electron chi connectivity index (χ3n) is 2.71. The van der Waals surface area contributed by atoms with Gasteiger partial charge in [0.15, 0.2) is 5.96 Å². The van der Waals surface area contributed by atoms with Crippen molar-refractivity contribution >= 4 is 29.9 Å². The van der Waals surface area contributed by atoms with Gasteiger partial charge in [0.05, 0.1) is 19.2 Å². The van der Waals surface area contributed by atoms with Crippen molar-refractivity contribution in [1.82, 2.24) is 10.6 Å². The van der Waals surface area contributed by atoms with Crippen molar-refractivity contribution in [2.45, 2.75) is 26.8 Å². The SMILES string of the molecule is CCNC(=NCCOCC)NC(C)c1ccccc1.I. The number of ether oxygens (including phenoxy) is 1. The Bertz CT molecular complexity index is 371. The normalized spacial score (nSPS) is 12.4. The Morgan fingerprint density at radius 1 is 1.25 bits per heavy atom. The van der Waals surface area contributed by atoms with E-state index in [1.165, 1.54) is 5.56 Å². The Hall–Kier alpha value is -0.820. The molecule has 5 heteroatoms. The van der Waals surface area contributed by atoms with Crippen LogP contribution in [0.25, 0.3) is 0 Å². The number of rotatable bonds is 7. The molecular formula is C15H26IN3O. The van der Waals surface area contributed by atoms with E-state index in [1.807, 2.05) is 25.1 Å². The molecule has 114 valence electrons. The summed E-state index contributed by atoms with van der Waals surface area (Å²) in [7, 11) is 0. The van der Waals surface area contributed by atoms with Crippen LogP contribution in [0.2, 0.25) is 0 Å². The molecule has 0 aliphatic heterocycles. The van der Waals surface area contributed by atoms with Crippen LogP contribution in [0.5, 0.6) is 0 Å². The zero-order valence-corrected chi connectivity index (χ0v) is 14.9. The number of benzene rings is 1. The fraction of sp³-hybridized carbons (Fsp3) is 0.533. The highest BCUT2D eigenvalue weighted by Crippen LogP contribution is 2.10. The van der Waals surface area contributed by atoms with Gasteiger partial charge in [0.2, 0.25) is 0 Å². The summed E-state index contributed by atoms with van der Waals surface area (Å²) in [4.78, 5) is 4.49. The van der Waals surface area contributed by atoms with E-state index in [-0.39, 0.29) is 30.0 Å². The second kappa shape index (κ2) is 12.0. The van der Waals surface area contributed by atoms with Gasteiger partial charge in [0.25, 0.3) is 0 Å². The Kier molecular flexibility index (Phi) is 11.5. The zero-order valence-electron chi connectivity index (χ0n) is 12.6. The summed E-state index contributed by atoms with van der Waals surface area (Å²) in [6.45, 7) is 9.10. The number of guanidine groups is 1. The fourth-order valence-corrected chi connectivity index (χ4v) is 1.72. The molecular weight excluding hydrogens is 365 g/mol. The summed E-state index contributed by atoms with van der Waals surface area (Å²) in [5.74, 6) is 0.832. The van der Waals surface area contributed by atoms with Crippen molar-refractivity contribution < 1.29 is 4.74 Å². The quantitative estimate of drug-likeness (QED) is 0.325.